The first-order chi connectivity index (χ1) is 4.84. The average Bonchev–Trinajstić information content (AvgIpc) is 2.38. The van der Waals surface area contributed by atoms with E-state index in [0.717, 1.165) is 6.42 Å². The van der Waals surface area contributed by atoms with Gasteiger partial charge in [0, 0.05) is 18.4 Å². The van der Waals surface area contributed by atoms with Gasteiger partial charge in [0.05, 0.1) is 0 Å². The quantitative estimate of drug-likeness (QED) is 0.561. The Hall–Kier alpha value is -0.980. The van der Waals surface area contributed by atoms with E-state index in [1.165, 1.54) is 0 Å². The molecule has 1 unspecified atom stereocenters. The lowest BCUT2D eigenvalue weighted by Crippen LogP contribution is -1.99. The summed E-state index contributed by atoms with van der Waals surface area (Å²) in [4.78, 5) is 0. The van der Waals surface area contributed by atoms with Crippen LogP contribution in [0.5, 0.6) is 0 Å². The van der Waals surface area contributed by atoms with Crippen molar-refractivity contribution in [3.63, 3.8) is 0 Å². The number of allylic oxidation sites excluding steroid dienone is 1. The van der Waals surface area contributed by atoms with Crippen LogP contribution in [0, 0.1) is 0 Å². The van der Waals surface area contributed by atoms with Gasteiger partial charge in [0.2, 0.25) is 0 Å². The summed E-state index contributed by atoms with van der Waals surface area (Å²) in [7, 11) is 0. The number of aromatic nitrogens is 1. The molecule has 1 heterocycles. The number of hydrogen-bond acceptors (Lipinski definition) is 0. The Morgan fingerprint density at radius 2 is 2.10 bits per heavy atom. The van der Waals surface area contributed by atoms with Crippen molar-refractivity contribution in [2.24, 2.45) is 0 Å². The summed E-state index contributed by atoms with van der Waals surface area (Å²) in [5.41, 5.74) is 0. The molecule has 0 saturated carbocycles. The third-order valence-electron chi connectivity index (χ3n) is 1.64. The highest BCUT2D eigenvalue weighted by Gasteiger charge is 1.97. The second kappa shape index (κ2) is 3.25. The van der Waals surface area contributed by atoms with E-state index >= 15 is 0 Å². The molecule has 1 heteroatoms. The van der Waals surface area contributed by atoms with E-state index in [9.17, 15) is 0 Å². The Morgan fingerprint density at radius 3 is 2.60 bits per heavy atom. The minimum absolute atomic E-state index is 0.549. The van der Waals surface area contributed by atoms with Crippen LogP contribution in [0.2, 0.25) is 0 Å². The molecular weight excluding hydrogens is 122 g/mol. The van der Waals surface area contributed by atoms with Gasteiger partial charge in [-0.1, -0.05) is 6.08 Å². The van der Waals surface area contributed by atoms with Crippen molar-refractivity contribution >= 4 is 0 Å². The fourth-order valence-corrected chi connectivity index (χ4v) is 1.00. The van der Waals surface area contributed by atoms with Gasteiger partial charge in [-0.2, -0.15) is 0 Å². The van der Waals surface area contributed by atoms with Crippen molar-refractivity contribution < 1.29 is 0 Å². The Kier molecular flexibility index (Phi) is 2.32. The van der Waals surface area contributed by atoms with Crippen LogP contribution < -0.4 is 0 Å². The molecule has 1 aromatic heterocycles. The Bertz CT molecular complexity index is 187. The molecule has 0 fully saturated rings. The molecule has 1 aromatic rings. The summed E-state index contributed by atoms with van der Waals surface area (Å²) < 4.78 is 2.18. The molecule has 0 aliphatic carbocycles. The zero-order chi connectivity index (χ0) is 7.40. The second-order valence-electron chi connectivity index (χ2n) is 2.50. The van der Waals surface area contributed by atoms with Crippen LogP contribution in [0.3, 0.4) is 0 Å². The van der Waals surface area contributed by atoms with E-state index in [2.05, 4.69) is 30.5 Å². The fourth-order valence-electron chi connectivity index (χ4n) is 1.00. The Balaban J connectivity index is 2.58. The minimum atomic E-state index is 0.549. The van der Waals surface area contributed by atoms with Gasteiger partial charge < -0.3 is 4.57 Å². The van der Waals surface area contributed by atoms with Gasteiger partial charge in [-0.25, -0.2) is 0 Å². The molecule has 0 spiro atoms. The van der Waals surface area contributed by atoms with Crippen LogP contribution in [0.25, 0.3) is 0 Å². The van der Waals surface area contributed by atoms with E-state index in [1.54, 1.807) is 0 Å². The number of nitrogens with zero attached hydrogens (tertiary/aromatic N) is 1. The van der Waals surface area contributed by atoms with Crippen molar-refractivity contribution in [2.75, 3.05) is 0 Å². The zero-order valence-corrected chi connectivity index (χ0v) is 6.33. The van der Waals surface area contributed by atoms with E-state index in [1.807, 2.05) is 18.2 Å². The topological polar surface area (TPSA) is 4.93 Å². The maximum Gasteiger partial charge on any atom is 0.0336 e. The van der Waals surface area contributed by atoms with Crippen molar-refractivity contribution in [1.82, 2.24) is 4.57 Å². The lowest BCUT2D eigenvalue weighted by molar-refractivity contribution is 0.558. The van der Waals surface area contributed by atoms with Crippen LogP contribution >= 0.6 is 0 Å². The highest BCUT2D eigenvalue weighted by molar-refractivity contribution is 4.93. The normalized spacial score (nSPS) is 12.9. The molecule has 0 N–H and O–H groups in total. The van der Waals surface area contributed by atoms with Gasteiger partial charge in [0.25, 0.3) is 0 Å². The fraction of sp³-hybridized carbons (Fsp3) is 0.333. The smallest absolute Gasteiger partial charge is 0.0336 e. The van der Waals surface area contributed by atoms with Crippen LogP contribution in [0.4, 0.5) is 0 Å². The van der Waals surface area contributed by atoms with E-state index < -0.39 is 0 Å². The first-order valence-corrected chi connectivity index (χ1v) is 3.58. The molecule has 0 aromatic carbocycles. The predicted octanol–water partition coefficient (Wildman–Crippen LogP) is 2.63. The zero-order valence-electron chi connectivity index (χ0n) is 6.33. The first-order valence-electron chi connectivity index (χ1n) is 3.58. The van der Waals surface area contributed by atoms with Gasteiger partial charge in [0.15, 0.2) is 0 Å². The van der Waals surface area contributed by atoms with Crippen molar-refractivity contribution in [3.05, 3.63) is 37.2 Å². The van der Waals surface area contributed by atoms with Crippen LogP contribution in [0.1, 0.15) is 19.4 Å². The lowest BCUT2D eigenvalue weighted by atomic mass is 10.2. The highest BCUT2D eigenvalue weighted by Crippen LogP contribution is 2.09. The third kappa shape index (κ3) is 1.50. The first kappa shape index (κ1) is 7.13. The second-order valence-corrected chi connectivity index (χ2v) is 2.50. The van der Waals surface area contributed by atoms with E-state index in [4.69, 9.17) is 0 Å². The Labute approximate surface area is 62.0 Å². The summed E-state index contributed by atoms with van der Waals surface area (Å²) >= 11 is 0. The third-order valence-corrected chi connectivity index (χ3v) is 1.64. The van der Waals surface area contributed by atoms with Gasteiger partial charge in [-0.05, 0) is 25.5 Å². The maximum atomic E-state index is 3.70. The molecule has 0 aliphatic rings. The average molecular weight is 135 g/mol. The maximum absolute atomic E-state index is 3.70. The predicted molar refractivity (Wildman–Crippen MR) is 44.0 cm³/mol. The van der Waals surface area contributed by atoms with Gasteiger partial charge in [-0.3, -0.25) is 0 Å². The molecule has 0 radical (unpaired) electrons. The van der Waals surface area contributed by atoms with Gasteiger partial charge in [0.1, 0.15) is 0 Å². The number of rotatable bonds is 3. The van der Waals surface area contributed by atoms with Gasteiger partial charge >= 0.3 is 0 Å². The van der Waals surface area contributed by atoms with Crippen LogP contribution in [-0.2, 0) is 0 Å². The molecule has 0 bridgehead atoms. The Morgan fingerprint density at radius 1 is 1.50 bits per heavy atom. The summed E-state index contributed by atoms with van der Waals surface area (Å²) in [6.07, 6.45) is 7.14. The number of hydrogen-bond donors (Lipinski definition) is 0. The lowest BCUT2D eigenvalue weighted by Gasteiger charge is -2.09. The van der Waals surface area contributed by atoms with Gasteiger partial charge in [-0.15, -0.1) is 6.58 Å². The molecule has 0 saturated heterocycles. The van der Waals surface area contributed by atoms with Crippen molar-refractivity contribution in [2.45, 2.75) is 19.4 Å². The highest BCUT2D eigenvalue weighted by atomic mass is 15.0. The molecule has 54 valence electrons. The molecule has 1 rings (SSSR count). The molecule has 1 atom stereocenters. The van der Waals surface area contributed by atoms with E-state index in [0.29, 0.717) is 6.04 Å². The standard InChI is InChI=1S/C9H13N/c1-3-6-9(2)10-7-4-5-8-10/h3-5,7-9H,1,6H2,2H3. The van der Waals surface area contributed by atoms with Crippen molar-refractivity contribution in [1.29, 1.82) is 0 Å². The summed E-state index contributed by atoms with van der Waals surface area (Å²) in [6.45, 7) is 5.88. The molecule has 0 aliphatic heterocycles. The van der Waals surface area contributed by atoms with Crippen molar-refractivity contribution in [3.8, 4) is 0 Å². The monoisotopic (exact) mass is 135 g/mol. The summed E-state index contributed by atoms with van der Waals surface area (Å²) in [5, 5.41) is 0. The van der Waals surface area contributed by atoms with Crippen LogP contribution in [-0.4, -0.2) is 4.57 Å². The molecular formula is C9H13N. The van der Waals surface area contributed by atoms with E-state index in [-0.39, 0.29) is 0 Å². The molecule has 0 amide bonds. The minimum Gasteiger partial charge on any atom is -0.351 e. The van der Waals surface area contributed by atoms with Crippen LogP contribution in [0.15, 0.2) is 37.2 Å². The molecule has 1 nitrogen and oxygen atoms in total. The summed E-state index contributed by atoms with van der Waals surface area (Å²) in [6, 6.07) is 4.63. The molecule has 10 heavy (non-hydrogen) atoms. The summed E-state index contributed by atoms with van der Waals surface area (Å²) in [5.74, 6) is 0. The SMILES string of the molecule is C=CCC(C)n1cccc1. The largest absolute Gasteiger partial charge is 0.351 e.